The Morgan fingerprint density at radius 3 is 1.26 bits per heavy atom. The zero-order valence-electron chi connectivity index (χ0n) is 31.6. The van der Waals surface area contributed by atoms with Gasteiger partial charge < -0.3 is 8.80 Å². The van der Waals surface area contributed by atoms with E-state index in [0.717, 1.165) is 27.9 Å². The molecule has 0 amide bonds. The molecule has 0 radical (unpaired) electrons. The molecule has 12 rings (SSSR count). The van der Waals surface area contributed by atoms with Gasteiger partial charge in [-0.25, -0.2) is 4.98 Å². The second kappa shape index (κ2) is 12.8. The van der Waals surface area contributed by atoms with Crippen LogP contribution >= 0.6 is 0 Å². The summed E-state index contributed by atoms with van der Waals surface area (Å²) in [7, 11) is -3.16. The van der Waals surface area contributed by atoms with Crippen molar-refractivity contribution in [2.75, 3.05) is 0 Å². The number of hydrogen-bond donors (Lipinski definition) is 0. The van der Waals surface area contributed by atoms with E-state index in [1.54, 1.807) is 0 Å². The summed E-state index contributed by atoms with van der Waals surface area (Å²) in [4.78, 5) is 5.86. The van der Waals surface area contributed by atoms with Crippen LogP contribution in [-0.2, 0) is 0 Å². The van der Waals surface area contributed by atoms with Crippen molar-refractivity contribution < 1.29 is 0 Å². The lowest BCUT2D eigenvalue weighted by atomic mass is 10.1. The Morgan fingerprint density at radius 1 is 0.310 bits per heavy atom. The lowest BCUT2D eigenvalue weighted by Gasteiger charge is -2.35. The summed E-state index contributed by atoms with van der Waals surface area (Å²) in [5.41, 5.74) is 8.22. The number of fused-ring (bicyclic) bond motifs is 9. The number of aromatic nitrogens is 4. The minimum Gasteiger partial charge on any atom is -0.354 e. The molecule has 0 N–H and O–H groups in total. The summed E-state index contributed by atoms with van der Waals surface area (Å²) in [6, 6.07) is 79.7. The predicted molar refractivity (Wildman–Crippen MR) is 245 cm³/mol. The van der Waals surface area contributed by atoms with Gasteiger partial charge in [0, 0.05) is 49.0 Å². The zero-order chi connectivity index (χ0) is 38.2. The normalized spacial score (nSPS) is 12.1. The van der Waals surface area contributed by atoms with E-state index in [0.29, 0.717) is 0 Å². The number of para-hydroxylation sites is 5. The second-order valence-electron chi connectivity index (χ2n) is 15.1. The Hall–Kier alpha value is -7.47. The minimum absolute atomic E-state index is 0.901. The maximum Gasteiger partial charge on any atom is 0.276 e. The number of nitrogens with zero attached hydrogens (tertiary/aromatic N) is 4. The van der Waals surface area contributed by atoms with Crippen LogP contribution in [0.4, 0.5) is 0 Å². The van der Waals surface area contributed by atoms with Gasteiger partial charge in [-0.3, -0.25) is 4.57 Å². The molecule has 12 aromatic rings. The molecule has 58 heavy (non-hydrogen) atoms. The fourth-order valence-electron chi connectivity index (χ4n) is 9.77. The molecule has 5 heteroatoms. The molecule has 0 unspecified atom stereocenters. The number of pyridine rings is 1. The molecule has 0 bridgehead atoms. The maximum absolute atomic E-state index is 5.86. The molecule has 0 saturated carbocycles. The summed E-state index contributed by atoms with van der Waals surface area (Å²) in [5.74, 6) is 0.901. The van der Waals surface area contributed by atoms with Crippen molar-refractivity contribution in [2.24, 2.45) is 0 Å². The molecular formula is C53H36N4Si. The lowest BCUT2D eigenvalue weighted by molar-refractivity contribution is 1.09. The SMILES string of the molecule is c1ccc([Si](c2ccccc2)(c2cccc(-n3c4ccccc4c4cc(-n5c6ccccc6c6ccccc65)ccc43)n2)n2c3ccccc3c3ccccc32)cc1. The van der Waals surface area contributed by atoms with Gasteiger partial charge >= 0.3 is 0 Å². The van der Waals surface area contributed by atoms with Crippen LogP contribution in [0, 0.1) is 0 Å². The molecule has 0 fully saturated rings. The molecule has 0 aliphatic carbocycles. The van der Waals surface area contributed by atoms with Crippen molar-refractivity contribution in [3.63, 3.8) is 0 Å². The van der Waals surface area contributed by atoms with E-state index in [4.69, 9.17) is 4.98 Å². The standard InChI is InChI=1S/C53H36N4Si/c1-3-18-38(19-4-1)58(39-20-5-2-6-21-39,57-50-30-15-10-24-42(50)43-25-11-16-31-51(43)57)53-33-17-32-52(54-53)56-48-29-14-9-26-44(48)45-36-37(34-35-49(45)56)55-46-27-12-7-22-40(46)41-23-8-13-28-47(41)55/h1-36H. The van der Waals surface area contributed by atoms with Gasteiger partial charge in [0.05, 0.1) is 27.4 Å². The van der Waals surface area contributed by atoms with E-state index in [1.807, 2.05) is 0 Å². The monoisotopic (exact) mass is 756 g/mol. The molecule has 4 aromatic heterocycles. The second-order valence-corrected chi connectivity index (χ2v) is 18.7. The zero-order valence-corrected chi connectivity index (χ0v) is 32.6. The third kappa shape index (κ3) is 4.59. The Kier molecular flexibility index (Phi) is 7.21. The highest BCUT2D eigenvalue weighted by atomic mass is 28.3. The maximum atomic E-state index is 5.86. The van der Waals surface area contributed by atoms with Crippen LogP contribution in [-0.4, -0.2) is 26.6 Å². The molecule has 0 atom stereocenters. The van der Waals surface area contributed by atoms with E-state index in [1.165, 1.54) is 64.8 Å². The Balaban J connectivity index is 1.15. The van der Waals surface area contributed by atoms with Crippen LogP contribution in [0.2, 0.25) is 0 Å². The third-order valence-electron chi connectivity index (χ3n) is 12.1. The predicted octanol–water partition coefficient (Wildman–Crippen LogP) is 10.9. The highest BCUT2D eigenvalue weighted by Gasteiger charge is 2.46. The molecule has 0 aliphatic rings. The average Bonchev–Trinajstić information content (AvgIpc) is 3.94. The minimum atomic E-state index is -3.16. The van der Waals surface area contributed by atoms with Gasteiger partial charge in [0.2, 0.25) is 0 Å². The van der Waals surface area contributed by atoms with Gasteiger partial charge in [0.25, 0.3) is 8.24 Å². The van der Waals surface area contributed by atoms with Gasteiger partial charge in [0.15, 0.2) is 0 Å². The Bertz CT molecular complexity index is 3380. The fraction of sp³-hybridized carbons (Fsp3) is 0. The van der Waals surface area contributed by atoms with Gasteiger partial charge in [-0.1, -0.05) is 158 Å². The summed E-state index contributed by atoms with van der Waals surface area (Å²) < 4.78 is 7.43. The third-order valence-corrected chi connectivity index (χ3v) is 16.6. The molecule has 0 saturated heterocycles. The molecule has 4 heterocycles. The van der Waals surface area contributed by atoms with Crippen molar-refractivity contribution in [1.29, 1.82) is 0 Å². The molecular weight excluding hydrogens is 721 g/mol. The highest BCUT2D eigenvalue weighted by molar-refractivity contribution is 7.10. The Labute approximate surface area is 336 Å². The van der Waals surface area contributed by atoms with Crippen LogP contribution in [0.5, 0.6) is 0 Å². The molecule has 4 nitrogen and oxygen atoms in total. The smallest absolute Gasteiger partial charge is 0.276 e. The van der Waals surface area contributed by atoms with Crippen LogP contribution in [0.15, 0.2) is 218 Å². The summed E-state index contributed by atoms with van der Waals surface area (Å²) in [6.45, 7) is 0. The van der Waals surface area contributed by atoms with E-state index in [2.05, 4.69) is 232 Å². The van der Waals surface area contributed by atoms with Crippen LogP contribution in [0.3, 0.4) is 0 Å². The Morgan fingerprint density at radius 2 is 0.724 bits per heavy atom. The average molecular weight is 757 g/mol. The highest BCUT2D eigenvalue weighted by Crippen LogP contribution is 2.37. The first-order valence-electron chi connectivity index (χ1n) is 19.9. The number of benzene rings is 8. The largest absolute Gasteiger partial charge is 0.354 e. The molecule has 8 aromatic carbocycles. The first-order valence-corrected chi connectivity index (χ1v) is 21.8. The topological polar surface area (TPSA) is 27.7 Å². The van der Waals surface area contributed by atoms with Crippen LogP contribution in [0.1, 0.15) is 0 Å². The van der Waals surface area contributed by atoms with Crippen molar-refractivity contribution >= 4 is 89.3 Å². The quantitative estimate of drug-likeness (QED) is 0.155. The first-order chi connectivity index (χ1) is 28.8. The van der Waals surface area contributed by atoms with Crippen molar-refractivity contribution in [1.82, 2.24) is 18.4 Å². The number of hydrogen-bond acceptors (Lipinski definition) is 1. The summed E-state index contributed by atoms with van der Waals surface area (Å²) in [6.07, 6.45) is 0. The lowest BCUT2D eigenvalue weighted by Crippen LogP contribution is -2.73. The van der Waals surface area contributed by atoms with E-state index >= 15 is 0 Å². The van der Waals surface area contributed by atoms with Crippen LogP contribution in [0.25, 0.3) is 76.9 Å². The van der Waals surface area contributed by atoms with Crippen molar-refractivity contribution in [3.05, 3.63) is 218 Å². The fourth-order valence-corrected chi connectivity index (χ4v) is 14.5. The van der Waals surface area contributed by atoms with E-state index in [-0.39, 0.29) is 0 Å². The molecule has 0 aliphatic heterocycles. The van der Waals surface area contributed by atoms with Crippen molar-refractivity contribution in [3.8, 4) is 11.5 Å². The van der Waals surface area contributed by atoms with E-state index in [9.17, 15) is 0 Å². The summed E-state index contributed by atoms with van der Waals surface area (Å²) in [5, 5.41) is 11.0. The van der Waals surface area contributed by atoms with Gasteiger partial charge in [-0.2, -0.15) is 0 Å². The van der Waals surface area contributed by atoms with E-state index < -0.39 is 8.24 Å². The van der Waals surface area contributed by atoms with Gasteiger partial charge in [-0.15, -0.1) is 0 Å². The molecule has 0 spiro atoms. The van der Waals surface area contributed by atoms with Gasteiger partial charge in [0.1, 0.15) is 5.82 Å². The van der Waals surface area contributed by atoms with Crippen LogP contribution < -0.4 is 15.7 Å². The summed E-state index contributed by atoms with van der Waals surface area (Å²) >= 11 is 0. The molecule has 272 valence electrons. The first kappa shape index (κ1) is 32.7. The number of rotatable bonds is 6. The van der Waals surface area contributed by atoms with Crippen molar-refractivity contribution in [2.45, 2.75) is 0 Å². The van der Waals surface area contributed by atoms with Gasteiger partial charge in [-0.05, 0) is 71.0 Å².